The average Bonchev–Trinajstić information content (AvgIpc) is 2.59. The molecule has 6 nitrogen and oxygen atoms in total. The predicted octanol–water partition coefficient (Wildman–Crippen LogP) is 4.26. The van der Waals surface area contributed by atoms with Crippen molar-refractivity contribution in [3.05, 3.63) is 79.1 Å². The third-order valence-electron chi connectivity index (χ3n) is 3.37. The maximum absolute atomic E-state index is 12.5. The van der Waals surface area contributed by atoms with E-state index in [2.05, 4.69) is 26.3 Å². The highest BCUT2D eigenvalue weighted by atomic mass is 79.9. The zero-order valence-electron chi connectivity index (χ0n) is 12.9. The highest BCUT2D eigenvalue weighted by Crippen LogP contribution is 2.26. The van der Waals surface area contributed by atoms with Gasteiger partial charge >= 0.3 is 0 Å². The lowest BCUT2D eigenvalue weighted by molar-refractivity contribution is 0.101. The third-order valence-corrected chi connectivity index (χ3v) is 4.47. The minimum absolute atomic E-state index is 0.256. The minimum Gasteiger partial charge on any atom is -0.505 e. The van der Waals surface area contributed by atoms with E-state index in [9.17, 15) is 14.7 Å². The molecule has 132 valence electrons. The molecule has 3 aromatic rings. The number of halogens is 3. The molecule has 26 heavy (non-hydrogen) atoms. The van der Waals surface area contributed by atoms with Crippen molar-refractivity contribution in [1.82, 2.24) is 9.78 Å². The van der Waals surface area contributed by atoms with Crippen LogP contribution in [0.15, 0.2) is 57.8 Å². The summed E-state index contributed by atoms with van der Waals surface area (Å²) < 4.78 is 1.84. The number of hydrogen-bond donors (Lipinski definition) is 2. The summed E-state index contributed by atoms with van der Waals surface area (Å²) in [4.78, 5) is 24.6. The Balaban J connectivity index is 2.00. The second-order valence-corrected chi connectivity index (χ2v) is 6.94. The Hall–Kier alpha value is -2.35. The van der Waals surface area contributed by atoms with Crippen LogP contribution in [0.3, 0.4) is 0 Å². The van der Waals surface area contributed by atoms with Crippen LogP contribution in [-0.4, -0.2) is 20.8 Å². The van der Waals surface area contributed by atoms with E-state index in [0.29, 0.717) is 10.7 Å². The van der Waals surface area contributed by atoms with Crippen LogP contribution < -0.4 is 10.9 Å². The van der Waals surface area contributed by atoms with Gasteiger partial charge in [0.2, 0.25) is 0 Å². The summed E-state index contributed by atoms with van der Waals surface area (Å²) in [6.45, 7) is 0. The number of anilines is 1. The molecule has 0 radical (unpaired) electrons. The molecule has 1 heterocycles. The van der Waals surface area contributed by atoms with Gasteiger partial charge in [0.05, 0.1) is 16.4 Å². The van der Waals surface area contributed by atoms with Crippen molar-refractivity contribution in [3.63, 3.8) is 0 Å². The minimum atomic E-state index is -0.738. The first-order chi connectivity index (χ1) is 12.3. The van der Waals surface area contributed by atoms with Gasteiger partial charge in [-0.3, -0.25) is 9.59 Å². The predicted molar refractivity (Wildman–Crippen MR) is 104 cm³/mol. The van der Waals surface area contributed by atoms with Gasteiger partial charge in [0.25, 0.3) is 11.5 Å². The van der Waals surface area contributed by atoms with Crippen molar-refractivity contribution >= 4 is 50.7 Å². The fourth-order valence-corrected chi connectivity index (χ4v) is 2.75. The van der Waals surface area contributed by atoms with Gasteiger partial charge in [-0.25, -0.2) is 0 Å². The smallest absolute Gasteiger partial charge is 0.280 e. The molecule has 0 saturated carbocycles. The molecule has 1 amide bonds. The van der Waals surface area contributed by atoms with Crippen molar-refractivity contribution in [2.24, 2.45) is 0 Å². The second-order valence-electron chi connectivity index (χ2n) is 5.18. The molecular weight excluding hydrogens is 445 g/mol. The molecule has 3 rings (SSSR count). The summed E-state index contributed by atoms with van der Waals surface area (Å²) >= 11 is 15.2. The lowest BCUT2D eigenvalue weighted by atomic mass is 10.2. The lowest BCUT2D eigenvalue weighted by Gasteiger charge is -2.10. The molecule has 0 aliphatic heterocycles. The molecule has 2 aromatic carbocycles. The van der Waals surface area contributed by atoms with Gasteiger partial charge < -0.3 is 10.4 Å². The number of aromatic nitrogens is 2. The van der Waals surface area contributed by atoms with E-state index in [1.165, 1.54) is 12.1 Å². The second kappa shape index (κ2) is 7.49. The SMILES string of the molecule is O=C(Nc1cc(Cl)ccc1Cl)c1nn(-c2ccc(Br)cc2)c(=O)cc1O. The zero-order chi connectivity index (χ0) is 18.8. The molecule has 0 aliphatic rings. The first kappa shape index (κ1) is 18.4. The van der Waals surface area contributed by atoms with Crippen LogP contribution in [-0.2, 0) is 0 Å². The molecule has 0 aliphatic carbocycles. The van der Waals surface area contributed by atoms with E-state index in [4.69, 9.17) is 23.2 Å². The average molecular weight is 455 g/mol. The van der Waals surface area contributed by atoms with Crippen LogP contribution in [0.25, 0.3) is 5.69 Å². The Morgan fingerprint density at radius 1 is 1.12 bits per heavy atom. The van der Waals surface area contributed by atoms with Gasteiger partial charge in [-0.1, -0.05) is 39.1 Å². The summed E-state index contributed by atoms with van der Waals surface area (Å²) in [6.07, 6.45) is 0. The fourth-order valence-electron chi connectivity index (χ4n) is 2.15. The van der Waals surface area contributed by atoms with Crippen LogP contribution in [0.4, 0.5) is 5.69 Å². The number of rotatable bonds is 3. The van der Waals surface area contributed by atoms with Crippen molar-refractivity contribution < 1.29 is 9.90 Å². The largest absolute Gasteiger partial charge is 0.505 e. The van der Waals surface area contributed by atoms with Crippen molar-refractivity contribution in [1.29, 1.82) is 0 Å². The number of benzene rings is 2. The summed E-state index contributed by atoms with van der Waals surface area (Å²) in [7, 11) is 0. The van der Waals surface area contributed by atoms with E-state index in [-0.39, 0.29) is 16.4 Å². The number of hydrogen-bond acceptors (Lipinski definition) is 4. The Labute approximate surface area is 166 Å². The molecular formula is C17H10BrCl2N3O3. The van der Waals surface area contributed by atoms with E-state index in [1.807, 2.05) is 0 Å². The number of carbonyl (C=O) groups excluding carboxylic acids is 1. The zero-order valence-corrected chi connectivity index (χ0v) is 16.0. The maximum Gasteiger partial charge on any atom is 0.280 e. The Kier molecular flexibility index (Phi) is 5.31. The molecule has 0 bridgehead atoms. The van der Waals surface area contributed by atoms with Crippen molar-refractivity contribution in [2.45, 2.75) is 0 Å². The van der Waals surface area contributed by atoms with Gasteiger partial charge in [0, 0.05) is 15.6 Å². The molecule has 0 fully saturated rings. The molecule has 1 aromatic heterocycles. The highest BCUT2D eigenvalue weighted by Gasteiger charge is 2.18. The summed E-state index contributed by atoms with van der Waals surface area (Å²) in [5.41, 5.74) is -0.217. The summed E-state index contributed by atoms with van der Waals surface area (Å²) in [5, 5.41) is 17.1. The normalized spacial score (nSPS) is 10.6. The van der Waals surface area contributed by atoms with E-state index < -0.39 is 17.2 Å². The summed E-state index contributed by atoms with van der Waals surface area (Å²) in [6, 6.07) is 12.2. The van der Waals surface area contributed by atoms with Gasteiger partial charge in [-0.15, -0.1) is 0 Å². The van der Waals surface area contributed by atoms with Crippen LogP contribution in [0.2, 0.25) is 10.0 Å². The maximum atomic E-state index is 12.5. The lowest BCUT2D eigenvalue weighted by Crippen LogP contribution is -2.25. The number of aromatic hydroxyl groups is 1. The van der Waals surface area contributed by atoms with Crippen molar-refractivity contribution in [3.8, 4) is 11.4 Å². The third kappa shape index (κ3) is 3.90. The van der Waals surface area contributed by atoms with E-state index in [0.717, 1.165) is 15.2 Å². The first-order valence-electron chi connectivity index (χ1n) is 7.21. The van der Waals surface area contributed by atoms with Crippen LogP contribution in [0.5, 0.6) is 5.75 Å². The Morgan fingerprint density at radius 2 is 1.81 bits per heavy atom. The summed E-state index contributed by atoms with van der Waals surface area (Å²) in [5.74, 6) is -1.28. The van der Waals surface area contributed by atoms with Gasteiger partial charge in [-0.05, 0) is 42.5 Å². The Morgan fingerprint density at radius 3 is 2.50 bits per heavy atom. The number of nitrogens with zero attached hydrogens (tertiary/aromatic N) is 2. The number of amides is 1. The molecule has 0 atom stereocenters. The topological polar surface area (TPSA) is 84.2 Å². The van der Waals surface area contributed by atoms with E-state index in [1.54, 1.807) is 30.3 Å². The molecule has 9 heteroatoms. The van der Waals surface area contributed by atoms with Crippen molar-refractivity contribution in [2.75, 3.05) is 5.32 Å². The first-order valence-corrected chi connectivity index (χ1v) is 8.76. The van der Waals surface area contributed by atoms with E-state index >= 15 is 0 Å². The standard InChI is InChI=1S/C17H10BrCl2N3O3/c18-9-1-4-11(5-2-9)23-15(25)8-14(24)16(22-23)17(26)21-13-7-10(19)3-6-12(13)20/h1-8,24H,(H,21,26). The monoisotopic (exact) mass is 453 g/mol. The Bertz CT molecular complexity index is 1050. The van der Waals surface area contributed by atoms with Crippen LogP contribution in [0, 0.1) is 0 Å². The van der Waals surface area contributed by atoms with Gasteiger partial charge in [0.1, 0.15) is 0 Å². The molecule has 0 saturated heterocycles. The highest BCUT2D eigenvalue weighted by molar-refractivity contribution is 9.10. The quantitative estimate of drug-likeness (QED) is 0.619. The van der Waals surface area contributed by atoms with Gasteiger partial charge in [-0.2, -0.15) is 9.78 Å². The molecule has 0 unspecified atom stereocenters. The number of carbonyl (C=O) groups is 1. The van der Waals surface area contributed by atoms with Gasteiger partial charge in [0.15, 0.2) is 11.4 Å². The molecule has 2 N–H and O–H groups in total. The fraction of sp³-hybridized carbons (Fsp3) is 0. The van der Waals surface area contributed by atoms with Crippen LogP contribution >= 0.6 is 39.1 Å². The van der Waals surface area contributed by atoms with Crippen LogP contribution in [0.1, 0.15) is 10.5 Å². The number of nitrogens with one attached hydrogen (secondary N) is 1. The molecule has 0 spiro atoms.